The van der Waals surface area contributed by atoms with Crippen LogP contribution in [0.25, 0.3) is 0 Å². The van der Waals surface area contributed by atoms with Gasteiger partial charge in [-0.25, -0.2) is 4.68 Å². The summed E-state index contributed by atoms with van der Waals surface area (Å²) in [6.07, 6.45) is 0.584. The zero-order valence-electron chi connectivity index (χ0n) is 12.2. The lowest BCUT2D eigenvalue weighted by Crippen LogP contribution is -2.34. The van der Waals surface area contributed by atoms with Crippen molar-refractivity contribution in [2.75, 3.05) is 24.5 Å². The average molecular weight is 279 g/mol. The molecule has 0 spiro atoms. The number of nitrogens with one attached hydrogen (secondary N) is 1. The summed E-state index contributed by atoms with van der Waals surface area (Å²) in [6.45, 7) is 6.97. The smallest absolute Gasteiger partial charge is 0.334 e. The van der Waals surface area contributed by atoms with E-state index in [0.29, 0.717) is 35.8 Å². The highest BCUT2D eigenvalue weighted by Gasteiger charge is 2.45. The molecule has 3 heterocycles. The van der Waals surface area contributed by atoms with Crippen LogP contribution in [0.5, 0.6) is 0 Å². The van der Waals surface area contributed by atoms with Gasteiger partial charge in [-0.1, -0.05) is 6.92 Å². The quantitative estimate of drug-likeness (QED) is 0.658. The minimum Gasteiger partial charge on any atom is -0.348 e. The fourth-order valence-corrected chi connectivity index (χ4v) is 3.75. The van der Waals surface area contributed by atoms with E-state index in [1.54, 1.807) is 11.7 Å². The van der Waals surface area contributed by atoms with Crippen molar-refractivity contribution in [1.29, 1.82) is 0 Å². The Morgan fingerprint density at radius 1 is 1.50 bits per heavy atom. The molecule has 0 saturated carbocycles. The number of aromatic nitrogens is 2. The van der Waals surface area contributed by atoms with E-state index in [9.17, 15) is 10.1 Å². The lowest BCUT2D eigenvalue weighted by Gasteiger charge is -2.25. The molecule has 0 aromatic carbocycles. The Labute approximate surface area is 118 Å². The van der Waals surface area contributed by atoms with E-state index in [2.05, 4.69) is 22.2 Å². The zero-order chi connectivity index (χ0) is 14.4. The molecule has 0 amide bonds. The normalized spacial score (nSPS) is 28.9. The van der Waals surface area contributed by atoms with Crippen molar-refractivity contribution < 1.29 is 4.92 Å². The molecule has 0 bridgehead atoms. The maximum Gasteiger partial charge on any atom is 0.334 e. The van der Waals surface area contributed by atoms with Crippen molar-refractivity contribution in [3.8, 4) is 0 Å². The number of hydrogen-bond donors (Lipinski definition) is 1. The second kappa shape index (κ2) is 4.73. The molecule has 2 aliphatic rings. The summed E-state index contributed by atoms with van der Waals surface area (Å²) >= 11 is 0. The number of anilines is 1. The highest BCUT2D eigenvalue weighted by atomic mass is 16.6. The fraction of sp³-hybridized carbons (Fsp3) is 0.769. The summed E-state index contributed by atoms with van der Waals surface area (Å²) in [5.74, 6) is 1.84. The van der Waals surface area contributed by atoms with E-state index in [-0.39, 0.29) is 10.6 Å². The molecule has 3 rings (SSSR count). The highest BCUT2D eigenvalue weighted by molar-refractivity contribution is 5.63. The first kappa shape index (κ1) is 13.4. The average Bonchev–Trinajstić information content (AvgIpc) is 3.04. The third kappa shape index (κ3) is 1.80. The SMILES string of the molecule is CCc1nn(C)c(N2CC3CNCC3C2C)c1[N+](=O)[O-]. The van der Waals surface area contributed by atoms with Crippen molar-refractivity contribution in [3.05, 3.63) is 15.8 Å². The van der Waals surface area contributed by atoms with Gasteiger partial charge in [-0.15, -0.1) is 0 Å². The van der Waals surface area contributed by atoms with Crippen LogP contribution in [0.15, 0.2) is 0 Å². The molecule has 7 nitrogen and oxygen atoms in total. The van der Waals surface area contributed by atoms with Crippen molar-refractivity contribution in [2.24, 2.45) is 18.9 Å². The predicted octanol–water partition coefficient (Wildman–Crippen LogP) is 0.935. The van der Waals surface area contributed by atoms with Gasteiger partial charge in [0.1, 0.15) is 5.69 Å². The second-order valence-corrected chi connectivity index (χ2v) is 5.83. The molecule has 1 aromatic rings. The molecule has 2 saturated heterocycles. The molecule has 7 heteroatoms. The van der Waals surface area contributed by atoms with Gasteiger partial charge in [0.25, 0.3) is 0 Å². The summed E-state index contributed by atoms with van der Waals surface area (Å²) in [6, 6.07) is 0.314. The lowest BCUT2D eigenvalue weighted by atomic mass is 9.95. The van der Waals surface area contributed by atoms with Crippen LogP contribution in [0.1, 0.15) is 19.5 Å². The number of rotatable bonds is 3. The van der Waals surface area contributed by atoms with Crippen LogP contribution in [0, 0.1) is 22.0 Å². The van der Waals surface area contributed by atoms with Gasteiger partial charge in [-0.05, 0) is 25.2 Å². The number of nitro groups is 1. The first-order chi connectivity index (χ1) is 9.54. The van der Waals surface area contributed by atoms with Gasteiger partial charge in [0.15, 0.2) is 0 Å². The molecule has 1 aromatic heterocycles. The van der Waals surface area contributed by atoms with Gasteiger partial charge < -0.3 is 10.2 Å². The Hall–Kier alpha value is -1.63. The van der Waals surface area contributed by atoms with Crippen LogP contribution in [0.4, 0.5) is 11.5 Å². The van der Waals surface area contributed by atoms with Crippen molar-refractivity contribution >= 4 is 11.5 Å². The van der Waals surface area contributed by atoms with E-state index < -0.39 is 0 Å². The Bertz CT molecular complexity index is 541. The lowest BCUT2D eigenvalue weighted by molar-refractivity contribution is -0.384. The van der Waals surface area contributed by atoms with Crippen molar-refractivity contribution in [1.82, 2.24) is 15.1 Å². The van der Waals surface area contributed by atoms with Crippen LogP contribution < -0.4 is 10.2 Å². The maximum atomic E-state index is 11.4. The van der Waals surface area contributed by atoms with Gasteiger partial charge in [0.05, 0.1) is 4.92 Å². The van der Waals surface area contributed by atoms with Gasteiger partial charge in [-0.3, -0.25) is 10.1 Å². The molecular weight excluding hydrogens is 258 g/mol. The maximum absolute atomic E-state index is 11.4. The molecule has 3 atom stereocenters. The van der Waals surface area contributed by atoms with Crippen LogP contribution in [-0.4, -0.2) is 40.4 Å². The molecule has 0 aliphatic carbocycles. The Balaban J connectivity index is 2.02. The van der Waals surface area contributed by atoms with Crippen LogP contribution in [0.3, 0.4) is 0 Å². The first-order valence-corrected chi connectivity index (χ1v) is 7.22. The van der Waals surface area contributed by atoms with Crippen LogP contribution in [0.2, 0.25) is 0 Å². The second-order valence-electron chi connectivity index (χ2n) is 5.83. The Morgan fingerprint density at radius 3 is 2.85 bits per heavy atom. The van der Waals surface area contributed by atoms with Crippen LogP contribution >= 0.6 is 0 Å². The molecule has 110 valence electrons. The topological polar surface area (TPSA) is 76.2 Å². The first-order valence-electron chi connectivity index (χ1n) is 7.22. The number of fused-ring (bicyclic) bond motifs is 1. The Morgan fingerprint density at radius 2 is 2.25 bits per heavy atom. The third-order valence-electron chi connectivity index (χ3n) is 4.79. The minimum absolute atomic E-state index is 0.190. The van der Waals surface area contributed by atoms with Gasteiger partial charge in [0, 0.05) is 32.7 Å². The molecule has 2 fully saturated rings. The van der Waals surface area contributed by atoms with E-state index in [1.165, 1.54) is 0 Å². The predicted molar refractivity (Wildman–Crippen MR) is 75.9 cm³/mol. The summed E-state index contributed by atoms with van der Waals surface area (Å²) in [5, 5.41) is 19.2. The highest BCUT2D eigenvalue weighted by Crippen LogP contribution is 2.40. The third-order valence-corrected chi connectivity index (χ3v) is 4.79. The summed E-state index contributed by atoms with van der Waals surface area (Å²) in [5.41, 5.74) is 0.768. The molecule has 20 heavy (non-hydrogen) atoms. The molecule has 1 N–H and O–H groups in total. The van der Waals surface area contributed by atoms with E-state index in [1.807, 2.05) is 6.92 Å². The zero-order valence-corrected chi connectivity index (χ0v) is 12.2. The minimum atomic E-state index is -0.278. The van der Waals surface area contributed by atoms with Crippen LogP contribution in [-0.2, 0) is 13.5 Å². The van der Waals surface area contributed by atoms with E-state index in [4.69, 9.17) is 0 Å². The molecule has 2 aliphatic heterocycles. The van der Waals surface area contributed by atoms with Gasteiger partial charge in [0.2, 0.25) is 5.82 Å². The van der Waals surface area contributed by atoms with Crippen molar-refractivity contribution in [3.63, 3.8) is 0 Å². The van der Waals surface area contributed by atoms with Crippen molar-refractivity contribution in [2.45, 2.75) is 26.3 Å². The summed E-state index contributed by atoms with van der Waals surface area (Å²) < 4.78 is 1.68. The monoisotopic (exact) mass is 279 g/mol. The van der Waals surface area contributed by atoms with Gasteiger partial charge >= 0.3 is 5.69 Å². The Kier molecular flexibility index (Phi) is 3.16. The molecule has 3 unspecified atom stereocenters. The van der Waals surface area contributed by atoms with E-state index >= 15 is 0 Å². The van der Waals surface area contributed by atoms with Gasteiger partial charge in [-0.2, -0.15) is 5.10 Å². The largest absolute Gasteiger partial charge is 0.348 e. The van der Waals surface area contributed by atoms with E-state index in [0.717, 1.165) is 19.6 Å². The molecular formula is C13H21N5O2. The summed E-state index contributed by atoms with van der Waals surface area (Å²) in [4.78, 5) is 13.3. The molecule has 0 radical (unpaired) electrons. The number of nitrogens with zero attached hydrogens (tertiary/aromatic N) is 4. The number of aryl methyl sites for hydroxylation is 2. The standard InChI is InChI=1S/C13H21N5O2/c1-4-11-12(18(19)20)13(16(3)15-11)17-7-9-5-14-6-10(9)8(17)2/h8-10,14H,4-7H2,1-3H3. The fourth-order valence-electron chi connectivity index (χ4n) is 3.75. The summed E-state index contributed by atoms with van der Waals surface area (Å²) in [7, 11) is 1.81. The number of hydrogen-bond acceptors (Lipinski definition) is 5.